The predicted octanol–water partition coefficient (Wildman–Crippen LogP) is 2.49. The molecule has 0 fully saturated rings. The van der Waals surface area contributed by atoms with Gasteiger partial charge in [0.1, 0.15) is 11.3 Å². The third-order valence-electron chi connectivity index (χ3n) is 1.88. The highest BCUT2D eigenvalue weighted by atomic mass is 16.3. The van der Waals surface area contributed by atoms with Gasteiger partial charge in [-0.2, -0.15) is 0 Å². The lowest BCUT2D eigenvalue weighted by Gasteiger charge is -1.87. The minimum absolute atomic E-state index is 0.215. The Morgan fingerprint density at radius 3 is 3.08 bits per heavy atom. The number of fused-ring (bicyclic) bond motifs is 1. The van der Waals surface area contributed by atoms with Gasteiger partial charge in [-0.15, -0.1) is 0 Å². The zero-order valence-electron chi connectivity index (χ0n) is 7.45. The van der Waals surface area contributed by atoms with E-state index in [1.807, 2.05) is 0 Å². The molecule has 0 saturated carbocycles. The van der Waals surface area contributed by atoms with Crippen LogP contribution in [-0.4, -0.2) is 10.1 Å². The summed E-state index contributed by atoms with van der Waals surface area (Å²) in [4.78, 5) is 4.27. The average molecular weight is 177 g/mol. The van der Waals surface area contributed by atoms with E-state index < -0.39 is 0 Å². The molecule has 0 atom stereocenters. The van der Waals surface area contributed by atoms with Crippen LogP contribution in [0.3, 0.4) is 0 Å². The largest absolute Gasteiger partial charge is 0.508 e. The molecule has 1 aromatic carbocycles. The number of nitrogens with zero attached hydrogens (tertiary/aromatic N) is 1. The van der Waals surface area contributed by atoms with Crippen LogP contribution in [0.15, 0.2) is 22.6 Å². The van der Waals surface area contributed by atoms with Gasteiger partial charge in [0.2, 0.25) is 0 Å². The van der Waals surface area contributed by atoms with Gasteiger partial charge in [-0.25, -0.2) is 4.98 Å². The number of phenolic OH excluding ortho intramolecular Hbond substituents is 1. The molecule has 1 aromatic heterocycles. The number of hydrogen-bond acceptors (Lipinski definition) is 3. The van der Waals surface area contributed by atoms with Gasteiger partial charge in [-0.1, -0.05) is 6.92 Å². The average Bonchev–Trinajstić information content (AvgIpc) is 2.46. The van der Waals surface area contributed by atoms with Gasteiger partial charge in [-0.3, -0.25) is 0 Å². The molecule has 0 aliphatic rings. The molecule has 1 heterocycles. The molecule has 2 aromatic rings. The van der Waals surface area contributed by atoms with Gasteiger partial charge >= 0.3 is 0 Å². The fraction of sp³-hybridized carbons (Fsp3) is 0.300. The molecule has 0 aliphatic carbocycles. The maximum absolute atomic E-state index is 9.18. The molecule has 0 aliphatic heterocycles. The summed E-state index contributed by atoms with van der Waals surface area (Å²) in [6, 6.07) is 4.95. The maximum atomic E-state index is 9.18. The first-order valence-corrected chi connectivity index (χ1v) is 4.38. The van der Waals surface area contributed by atoms with Crippen molar-refractivity contribution in [3.63, 3.8) is 0 Å². The number of phenols is 1. The van der Waals surface area contributed by atoms with Crippen LogP contribution in [0.2, 0.25) is 0 Å². The summed E-state index contributed by atoms with van der Waals surface area (Å²) in [6.45, 7) is 2.08. The first-order chi connectivity index (χ1) is 6.29. The van der Waals surface area contributed by atoms with Gasteiger partial charge in [0.05, 0.1) is 0 Å². The minimum Gasteiger partial charge on any atom is -0.508 e. The summed E-state index contributed by atoms with van der Waals surface area (Å²) in [7, 11) is 0. The van der Waals surface area contributed by atoms with Crippen LogP contribution in [0.1, 0.15) is 19.2 Å². The normalized spacial score (nSPS) is 10.8. The number of benzene rings is 1. The Morgan fingerprint density at radius 2 is 2.31 bits per heavy atom. The van der Waals surface area contributed by atoms with E-state index in [4.69, 9.17) is 4.42 Å². The summed E-state index contributed by atoms with van der Waals surface area (Å²) < 4.78 is 5.42. The molecule has 0 radical (unpaired) electrons. The molecule has 13 heavy (non-hydrogen) atoms. The van der Waals surface area contributed by atoms with Crippen LogP contribution in [0.25, 0.3) is 11.1 Å². The first-order valence-electron chi connectivity index (χ1n) is 4.38. The molecule has 68 valence electrons. The van der Waals surface area contributed by atoms with Crippen molar-refractivity contribution in [1.29, 1.82) is 0 Å². The summed E-state index contributed by atoms with van der Waals surface area (Å²) in [5.74, 6) is 0.954. The number of hydrogen-bond donors (Lipinski definition) is 1. The van der Waals surface area contributed by atoms with Crippen LogP contribution in [0.5, 0.6) is 5.75 Å². The molecular formula is C10H11NO2. The Hall–Kier alpha value is -1.51. The smallest absolute Gasteiger partial charge is 0.195 e. The monoisotopic (exact) mass is 177 g/mol. The summed E-state index contributed by atoms with van der Waals surface area (Å²) in [6.07, 6.45) is 1.86. The lowest BCUT2D eigenvalue weighted by Crippen LogP contribution is -1.79. The Balaban J connectivity index is 2.49. The van der Waals surface area contributed by atoms with E-state index in [2.05, 4.69) is 11.9 Å². The second kappa shape index (κ2) is 3.09. The highest BCUT2D eigenvalue weighted by molar-refractivity contribution is 5.74. The second-order valence-electron chi connectivity index (χ2n) is 3.01. The number of oxazole rings is 1. The molecular weight excluding hydrogens is 166 g/mol. The van der Waals surface area contributed by atoms with Crippen LogP contribution in [-0.2, 0) is 6.42 Å². The van der Waals surface area contributed by atoms with Gasteiger partial charge < -0.3 is 9.52 Å². The molecule has 2 rings (SSSR count). The molecule has 0 unspecified atom stereocenters. The Labute approximate surface area is 76.0 Å². The summed E-state index contributed by atoms with van der Waals surface area (Å²) in [5.41, 5.74) is 1.46. The number of aryl methyl sites for hydroxylation is 1. The molecule has 0 bridgehead atoms. The molecule has 0 saturated heterocycles. The van der Waals surface area contributed by atoms with E-state index in [0.717, 1.165) is 24.2 Å². The zero-order chi connectivity index (χ0) is 9.26. The number of aromatic nitrogens is 1. The molecule has 3 nitrogen and oxygen atoms in total. The molecule has 0 amide bonds. The third-order valence-corrected chi connectivity index (χ3v) is 1.88. The van der Waals surface area contributed by atoms with E-state index in [1.54, 1.807) is 18.2 Å². The highest BCUT2D eigenvalue weighted by Gasteiger charge is 2.04. The van der Waals surface area contributed by atoms with Crippen molar-refractivity contribution in [2.45, 2.75) is 19.8 Å². The third kappa shape index (κ3) is 1.49. The maximum Gasteiger partial charge on any atom is 0.195 e. The fourth-order valence-electron chi connectivity index (χ4n) is 1.28. The fourth-order valence-corrected chi connectivity index (χ4v) is 1.28. The molecule has 0 spiro atoms. The van der Waals surface area contributed by atoms with Crippen LogP contribution < -0.4 is 0 Å². The standard InChI is InChI=1S/C10H11NO2/c1-2-3-10-11-8-5-4-7(12)6-9(8)13-10/h4-6,12H,2-3H2,1H3. The van der Waals surface area contributed by atoms with Gasteiger partial charge in [0, 0.05) is 12.5 Å². The second-order valence-corrected chi connectivity index (χ2v) is 3.01. The number of aromatic hydroxyl groups is 1. The predicted molar refractivity (Wildman–Crippen MR) is 49.7 cm³/mol. The van der Waals surface area contributed by atoms with Crippen LogP contribution in [0.4, 0.5) is 0 Å². The van der Waals surface area contributed by atoms with E-state index in [9.17, 15) is 5.11 Å². The quantitative estimate of drug-likeness (QED) is 0.766. The Kier molecular flexibility index (Phi) is 1.93. The van der Waals surface area contributed by atoms with Crippen LogP contribution >= 0.6 is 0 Å². The lowest BCUT2D eigenvalue weighted by molar-refractivity contribution is 0.473. The SMILES string of the molecule is CCCc1nc2ccc(O)cc2o1. The molecule has 1 N–H and O–H groups in total. The summed E-state index contributed by atoms with van der Waals surface area (Å²) >= 11 is 0. The van der Waals surface area contributed by atoms with Crippen molar-refractivity contribution in [3.05, 3.63) is 24.1 Å². The van der Waals surface area contributed by atoms with E-state index in [0.29, 0.717) is 5.58 Å². The van der Waals surface area contributed by atoms with Crippen molar-refractivity contribution in [1.82, 2.24) is 4.98 Å². The number of rotatable bonds is 2. The van der Waals surface area contributed by atoms with Crippen molar-refractivity contribution < 1.29 is 9.52 Å². The van der Waals surface area contributed by atoms with Crippen LogP contribution in [0, 0.1) is 0 Å². The topological polar surface area (TPSA) is 46.3 Å². The summed E-state index contributed by atoms with van der Waals surface area (Å²) in [5, 5.41) is 9.18. The first kappa shape index (κ1) is 8.10. The lowest BCUT2D eigenvalue weighted by atomic mass is 10.3. The molecule has 3 heteroatoms. The van der Waals surface area contributed by atoms with E-state index >= 15 is 0 Å². The van der Waals surface area contributed by atoms with Gasteiger partial charge in [0.15, 0.2) is 11.5 Å². The van der Waals surface area contributed by atoms with Crippen molar-refractivity contribution in [2.24, 2.45) is 0 Å². The van der Waals surface area contributed by atoms with Crippen molar-refractivity contribution in [3.8, 4) is 5.75 Å². The van der Waals surface area contributed by atoms with Crippen molar-refractivity contribution in [2.75, 3.05) is 0 Å². The van der Waals surface area contributed by atoms with E-state index in [1.165, 1.54) is 0 Å². The van der Waals surface area contributed by atoms with Gasteiger partial charge in [0.25, 0.3) is 0 Å². The highest BCUT2D eigenvalue weighted by Crippen LogP contribution is 2.20. The van der Waals surface area contributed by atoms with E-state index in [-0.39, 0.29) is 5.75 Å². The van der Waals surface area contributed by atoms with Crippen molar-refractivity contribution >= 4 is 11.1 Å². The Morgan fingerprint density at radius 1 is 1.46 bits per heavy atom. The zero-order valence-corrected chi connectivity index (χ0v) is 7.45. The minimum atomic E-state index is 0.215. The Bertz CT molecular complexity index is 420. The van der Waals surface area contributed by atoms with Gasteiger partial charge in [-0.05, 0) is 18.6 Å².